The Kier molecular flexibility index (Phi) is 13.9. The number of allylic oxidation sites excluding steroid dienone is 6. The Morgan fingerprint density at radius 3 is 1.04 bits per heavy atom. The minimum atomic E-state index is -1.08. The van der Waals surface area contributed by atoms with E-state index in [1.54, 1.807) is 83.4 Å². The van der Waals surface area contributed by atoms with Crippen LogP contribution in [0.15, 0.2) is 216 Å². The van der Waals surface area contributed by atoms with Gasteiger partial charge >= 0.3 is 0 Å². The van der Waals surface area contributed by atoms with Crippen molar-refractivity contribution >= 4 is 132 Å². The highest BCUT2D eigenvalue weighted by Gasteiger charge is 2.56. The Labute approximate surface area is 597 Å². The number of nitriles is 4. The highest BCUT2D eigenvalue weighted by molar-refractivity contribution is 7.32. The number of benzene rings is 8. The average Bonchev–Trinajstić information content (AvgIpc) is 1.48. The number of thiophene rings is 6. The number of carbonyl (C=O) groups is 2. The van der Waals surface area contributed by atoms with Gasteiger partial charge in [0.1, 0.15) is 47.1 Å². The molecule has 6 heterocycles. The summed E-state index contributed by atoms with van der Waals surface area (Å²) < 4.78 is 41.3. The molecule has 6 aromatic heterocycles. The van der Waals surface area contributed by atoms with Crippen molar-refractivity contribution in [3.05, 3.63) is 327 Å². The fourth-order valence-electron chi connectivity index (χ4n) is 15.7. The van der Waals surface area contributed by atoms with E-state index in [0.29, 0.717) is 53.9 Å². The molecule has 4 aliphatic rings. The molecule has 0 aliphatic heterocycles. The van der Waals surface area contributed by atoms with Gasteiger partial charge in [0.15, 0.2) is 11.6 Å². The number of carbonyl (C=O) groups excluding carboxylic acids is 2. The van der Waals surface area contributed by atoms with E-state index in [9.17, 15) is 30.6 Å². The molecule has 0 spiro atoms. The number of hydrogen-bond donors (Lipinski definition) is 0. The van der Waals surface area contributed by atoms with E-state index in [1.165, 1.54) is 45.3 Å². The van der Waals surface area contributed by atoms with E-state index in [2.05, 4.69) is 149 Å². The summed E-state index contributed by atoms with van der Waals surface area (Å²) in [4.78, 5) is 34.5. The summed E-state index contributed by atoms with van der Waals surface area (Å²) in [7, 11) is 0. The second kappa shape index (κ2) is 22.7. The number of fused-ring (bicyclic) bond motifs is 13. The van der Waals surface area contributed by atoms with Gasteiger partial charge in [-0.15, -0.1) is 68.0 Å². The van der Waals surface area contributed by atoms with Gasteiger partial charge in [-0.2, -0.15) is 21.0 Å². The zero-order chi connectivity index (χ0) is 68.4. The summed E-state index contributed by atoms with van der Waals surface area (Å²) in [6.07, 6.45) is 3.51. The van der Waals surface area contributed by atoms with E-state index >= 15 is 8.78 Å². The van der Waals surface area contributed by atoms with Crippen LogP contribution in [0.3, 0.4) is 0 Å². The van der Waals surface area contributed by atoms with Crippen LogP contribution in [0, 0.1) is 84.7 Å². The first-order chi connectivity index (χ1) is 48.7. The lowest BCUT2D eigenvalue weighted by Gasteiger charge is -2.34. The second-order valence-electron chi connectivity index (χ2n) is 25.7. The molecule has 8 aromatic carbocycles. The fraction of sp³-hybridized carbons (Fsp3) is 0.0698. The first-order valence-electron chi connectivity index (χ1n) is 32.1. The van der Waals surface area contributed by atoms with Crippen molar-refractivity contribution in [2.45, 2.75) is 38.5 Å². The lowest BCUT2D eigenvalue weighted by molar-refractivity contribution is 0.103. The third-order valence-electron chi connectivity index (χ3n) is 20.1. The minimum absolute atomic E-state index is 0.135. The fourth-order valence-corrected chi connectivity index (χ4v) is 23.1. The zero-order valence-electron chi connectivity index (χ0n) is 53.4. The summed E-state index contributed by atoms with van der Waals surface area (Å²) >= 11 is 8.87. The predicted octanol–water partition coefficient (Wildman–Crippen LogP) is 23.2. The molecule has 18 rings (SSSR count). The number of ketones is 2. The molecule has 0 fully saturated rings. The number of aryl methyl sites for hydroxylation is 4. The smallest absolute Gasteiger partial charge is 0.194 e. The number of halogens is 2. The number of Topliss-reactive ketones (excluding diaryl/α,β-unsaturated/α-hetero) is 2. The van der Waals surface area contributed by atoms with E-state index in [0.717, 1.165) is 126 Å². The Hall–Kier alpha value is -11.1. The third kappa shape index (κ3) is 8.60. The number of rotatable bonds is 8. The normalized spacial score (nSPS) is 15.1. The molecular formula is C86H46F2N4O2S6. The van der Waals surface area contributed by atoms with E-state index in [4.69, 9.17) is 0 Å². The lowest BCUT2D eigenvalue weighted by Crippen LogP contribution is -2.29. The molecule has 0 bridgehead atoms. The molecule has 0 N–H and O–H groups in total. The van der Waals surface area contributed by atoms with Crippen LogP contribution in [0.4, 0.5) is 8.78 Å². The van der Waals surface area contributed by atoms with Crippen molar-refractivity contribution in [3.63, 3.8) is 0 Å². The van der Waals surface area contributed by atoms with Crippen LogP contribution in [0.1, 0.15) is 108 Å². The molecule has 6 nitrogen and oxygen atoms in total. The van der Waals surface area contributed by atoms with Gasteiger partial charge in [0.25, 0.3) is 0 Å². The maximum absolute atomic E-state index is 19.2. The van der Waals surface area contributed by atoms with Gasteiger partial charge in [0.05, 0.1) is 29.6 Å². The van der Waals surface area contributed by atoms with Crippen molar-refractivity contribution in [3.8, 4) is 64.7 Å². The predicted molar refractivity (Wildman–Crippen MR) is 404 cm³/mol. The summed E-state index contributed by atoms with van der Waals surface area (Å²) in [5, 5.41) is 41.7. The second-order valence-corrected chi connectivity index (χ2v) is 32.1. The molecule has 4 aliphatic carbocycles. The van der Waals surface area contributed by atoms with Crippen molar-refractivity contribution in [2.75, 3.05) is 0 Å². The molecule has 0 radical (unpaired) electrons. The quantitative estimate of drug-likeness (QED) is 0.110. The van der Waals surface area contributed by atoms with Crippen LogP contribution in [-0.4, -0.2) is 11.6 Å². The number of hydrogen-bond acceptors (Lipinski definition) is 12. The van der Waals surface area contributed by atoms with Gasteiger partial charge in [-0.1, -0.05) is 168 Å². The summed E-state index contributed by atoms with van der Waals surface area (Å²) in [6, 6.07) is 72.9. The van der Waals surface area contributed by atoms with Gasteiger partial charge in [-0.25, -0.2) is 8.78 Å². The highest BCUT2D eigenvalue weighted by Crippen LogP contribution is 2.70. The monoisotopic (exact) mass is 1400 g/mol. The van der Waals surface area contributed by atoms with E-state index < -0.39 is 10.8 Å². The van der Waals surface area contributed by atoms with Crippen LogP contribution in [0.5, 0.6) is 0 Å². The first kappa shape index (κ1) is 61.2. The Morgan fingerprint density at radius 2 is 0.710 bits per heavy atom. The molecule has 0 atom stereocenters. The van der Waals surface area contributed by atoms with Crippen LogP contribution in [0.2, 0.25) is 0 Å². The summed E-state index contributed by atoms with van der Waals surface area (Å²) in [5.41, 5.74) is 13.5. The Bertz CT molecular complexity index is 5850. The molecule has 0 unspecified atom stereocenters. The SMILES string of the molecule is Cc1ccc(C2(c3ccc(C)cc3)c3cc4cc(-c5ccc(/C=C6\C(=O)c7ccccc7C6=C(C#N)C#N)s5)sc4c(F)c3-c3sc4c5c(sc4c32)-c2c(cc3cc(-c4ccc(/C=C6\C(=O)c7ccccc7C6=C(C#N)C#N)s4)sc3c2F)C5(c2ccc(C)cc2)c2ccc(C)cc2)cc1. The highest BCUT2D eigenvalue weighted by atomic mass is 32.1. The van der Waals surface area contributed by atoms with Crippen LogP contribution in [-0.2, 0) is 10.8 Å². The molecular weight excluding hydrogens is 1350 g/mol. The molecule has 100 heavy (non-hydrogen) atoms. The van der Waals surface area contributed by atoms with Crippen LogP contribution in [0.25, 0.3) is 93.3 Å². The molecule has 0 amide bonds. The summed E-state index contributed by atoms with van der Waals surface area (Å²) in [5.74, 6) is -1.17. The van der Waals surface area contributed by atoms with E-state index in [-0.39, 0.29) is 45.5 Å². The molecule has 0 saturated carbocycles. The van der Waals surface area contributed by atoms with Gasteiger partial charge < -0.3 is 0 Å². The third-order valence-corrected chi connectivity index (χ3v) is 27.5. The number of nitrogens with zero attached hydrogens (tertiary/aromatic N) is 4. The maximum Gasteiger partial charge on any atom is 0.194 e. The largest absolute Gasteiger partial charge is 0.289 e. The molecule has 472 valence electrons. The van der Waals surface area contributed by atoms with Gasteiger partial charge in [0, 0.05) is 94.7 Å². The Balaban J connectivity index is 0.854. The first-order valence-corrected chi connectivity index (χ1v) is 37.0. The molecule has 14 heteroatoms. The Morgan fingerprint density at radius 1 is 0.380 bits per heavy atom. The van der Waals surface area contributed by atoms with Crippen molar-refractivity contribution in [1.29, 1.82) is 21.0 Å². The maximum atomic E-state index is 19.2. The van der Waals surface area contributed by atoms with Gasteiger partial charge in [-0.05, 0) is 144 Å². The minimum Gasteiger partial charge on any atom is -0.289 e. The molecule has 14 aromatic rings. The van der Waals surface area contributed by atoms with Crippen LogP contribution < -0.4 is 0 Å². The zero-order valence-corrected chi connectivity index (χ0v) is 58.3. The van der Waals surface area contributed by atoms with Gasteiger partial charge in [-0.3, -0.25) is 9.59 Å². The lowest BCUT2D eigenvalue weighted by atomic mass is 9.66. The molecule has 0 saturated heterocycles. The van der Waals surface area contributed by atoms with Crippen molar-refractivity contribution in [1.82, 2.24) is 0 Å². The standard InChI is InChI=1S/C86H46F2N4O2S6/c1-43-13-21-51(22-14-43)85(52-23-15-44(2)16-24-52)63-33-47-35-67(65-31-29-55(95-65)37-61-69(49(39-89)40-90)57-9-5-7-11-59(57)77(61)93)97-79(47)75(87)71(63)81-73(85)83-84(99-81)74-82(100-83)72-64(86(74,53-25-17-45(3)18-26-53)54-27-19-46(4)20-28-54)34-48-36-68(98-80(48)76(72)88)66-32-30-56(96-66)38-62-70(50(41-91)42-92)58-10-6-8-12-60(58)78(62)94/h5-38H,1-4H3/b61-37-,62-38-. The van der Waals surface area contributed by atoms with Gasteiger partial charge in [0.2, 0.25) is 0 Å². The van der Waals surface area contributed by atoms with Crippen molar-refractivity contribution < 1.29 is 18.4 Å². The average molecular weight is 1400 g/mol. The van der Waals surface area contributed by atoms with Crippen molar-refractivity contribution in [2.24, 2.45) is 0 Å². The van der Waals surface area contributed by atoms with Crippen LogP contribution >= 0.6 is 68.0 Å². The topological polar surface area (TPSA) is 129 Å². The van der Waals surface area contributed by atoms with E-state index in [1.807, 2.05) is 48.5 Å². The summed E-state index contributed by atoms with van der Waals surface area (Å²) in [6.45, 7) is 8.30.